The molecule has 4 aromatic heterocycles. The van der Waals surface area contributed by atoms with E-state index >= 15 is 0 Å². The van der Waals surface area contributed by atoms with Crippen LogP contribution in [0.4, 0.5) is 0 Å². The third-order valence-electron chi connectivity index (χ3n) is 10.9. The minimum absolute atomic E-state index is 0.862. The van der Waals surface area contributed by atoms with Crippen molar-refractivity contribution in [2.45, 2.75) is 0 Å². The SMILES string of the molecule is c1ccc(-n2c(-c3cc(-c4cc(-c5cnc6ccccc6c5)cc(-c5cnc6ccccc6c5)c4)ccc3-c3cnc4ccccc4c3)nc3ccccc32)cc1. The van der Waals surface area contributed by atoms with Crippen LogP contribution < -0.4 is 0 Å². The van der Waals surface area contributed by atoms with Gasteiger partial charge in [-0.1, -0.05) is 97.1 Å². The topological polar surface area (TPSA) is 56.5 Å². The molecule has 11 rings (SSSR count). The van der Waals surface area contributed by atoms with Gasteiger partial charge in [-0.3, -0.25) is 19.5 Å². The van der Waals surface area contributed by atoms with Crippen molar-refractivity contribution in [1.82, 2.24) is 24.5 Å². The Morgan fingerprint density at radius 1 is 0.316 bits per heavy atom. The van der Waals surface area contributed by atoms with E-state index in [-0.39, 0.29) is 0 Å². The van der Waals surface area contributed by atoms with E-state index in [0.717, 1.165) is 105 Å². The molecule has 0 N–H and O–H groups in total. The molecule has 0 fully saturated rings. The summed E-state index contributed by atoms with van der Waals surface area (Å²) in [4.78, 5) is 20.0. The van der Waals surface area contributed by atoms with Gasteiger partial charge in [0.2, 0.25) is 0 Å². The highest BCUT2D eigenvalue weighted by Crippen LogP contribution is 2.41. The Kier molecular flexibility index (Phi) is 7.74. The number of nitrogens with zero attached hydrogens (tertiary/aromatic N) is 5. The zero-order chi connectivity index (χ0) is 37.7. The molecule has 0 saturated heterocycles. The van der Waals surface area contributed by atoms with Gasteiger partial charge >= 0.3 is 0 Å². The molecule has 0 radical (unpaired) electrons. The standard InChI is InChI=1S/C52H33N5/c1-2-15-44(16-3-1)57-51-21-11-10-20-50(51)56-52(57)46-30-34(22-23-45(46)43-26-37-14-6-9-19-49(37)55-33-43)38-27-39(41-24-35-12-4-7-17-47(35)53-31-41)29-40(28-38)42-25-36-13-5-8-18-48(36)54-32-42/h1-33H. The monoisotopic (exact) mass is 727 g/mol. The minimum Gasteiger partial charge on any atom is -0.292 e. The molecular weight excluding hydrogens is 695 g/mol. The van der Waals surface area contributed by atoms with Gasteiger partial charge in [-0.2, -0.15) is 0 Å². The smallest absolute Gasteiger partial charge is 0.146 e. The quantitative estimate of drug-likeness (QED) is 0.171. The van der Waals surface area contributed by atoms with Crippen molar-refractivity contribution in [1.29, 1.82) is 0 Å². The van der Waals surface area contributed by atoms with E-state index in [1.54, 1.807) is 0 Å². The van der Waals surface area contributed by atoms with Crippen molar-refractivity contribution in [3.05, 3.63) is 201 Å². The summed E-state index contributed by atoms with van der Waals surface area (Å²) >= 11 is 0. The molecule has 0 unspecified atom stereocenters. The second-order valence-corrected chi connectivity index (χ2v) is 14.4. The molecular formula is C52H33N5. The van der Waals surface area contributed by atoms with E-state index in [4.69, 9.17) is 19.9 Å². The van der Waals surface area contributed by atoms with Crippen LogP contribution in [0.15, 0.2) is 201 Å². The summed E-state index contributed by atoms with van der Waals surface area (Å²) in [5, 5.41) is 3.29. The second-order valence-electron chi connectivity index (χ2n) is 14.4. The molecule has 57 heavy (non-hydrogen) atoms. The molecule has 5 heteroatoms. The Balaban J connectivity index is 1.17. The van der Waals surface area contributed by atoms with Crippen LogP contribution in [0.1, 0.15) is 0 Å². The van der Waals surface area contributed by atoms with Crippen LogP contribution >= 0.6 is 0 Å². The van der Waals surface area contributed by atoms with Crippen LogP contribution in [0, 0.1) is 0 Å². The highest BCUT2D eigenvalue weighted by molar-refractivity contribution is 5.94. The fourth-order valence-electron chi connectivity index (χ4n) is 8.01. The molecule has 4 heterocycles. The zero-order valence-electron chi connectivity index (χ0n) is 30.8. The maximum atomic E-state index is 5.36. The highest BCUT2D eigenvalue weighted by atomic mass is 15.1. The lowest BCUT2D eigenvalue weighted by Crippen LogP contribution is -1.99. The summed E-state index contributed by atoms with van der Waals surface area (Å²) in [5.74, 6) is 0.862. The molecule has 0 aliphatic heterocycles. The average Bonchev–Trinajstić information content (AvgIpc) is 3.68. The fraction of sp³-hybridized carbons (Fsp3) is 0. The predicted molar refractivity (Wildman–Crippen MR) is 234 cm³/mol. The van der Waals surface area contributed by atoms with E-state index < -0.39 is 0 Å². The summed E-state index contributed by atoms with van der Waals surface area (Å²) in [6.07, 6.45) is 5.94. The molecule has 0 aliphatic rings. The van der Waals surface area contributed by atoms with E-state index in [9.17, 15) is 0 Å². The van der Waals surface area contributed by atoms with Crippen molar-refractivity contribution < 1.29 is 0 Å². The van der Waals surface area contributed by atoms with Gasteiger partial charge in [-0.05, 0) is 113 Å². The van der Waals surface area contributed by atoms with Gasteiger partial charge < -0.3 is 0 Å². The molecule has 5 nitrogen and oxygen atoms in total. The van der Waals surface area contributed by atoms with Gasteiger partial charge in [0.05, 0.1) is 27.6 Å². The lowest BCUT2D eigenvalue weighted by Gasteiger charge is -2.17. The van der Waals surface area contributed by atoms with Gasteiger partial charge in [0.1, 0.15) is 5.82 Å². The Bertz CT molecular complexity index is 3210. The number of imidazole rings is 1. The molecule has 0 spiro atoms. The third kappa shape index (κ3) is 5.90. The first-order valence-electron chi connectivity index (χ1n) is 19.1. The lowest BCUT2D eigenvalue weighted by molar-refractivity contribution is 1.10. The van der Waals surface area contributed by atoms with Crippen LogP contribution in [-0.2, 0) is 0 Å². The van der Waals surface area contributed by atoms with Crippen molar-refractivity contribution in [2.75, 3.05) is 0 Å². The molecule has 0 atom stereocenters. The van der Waals surface area contributed by atoms with Gasteiger partial charge in [0, 0.05) is 62.7 Å². The number of rotatable bonds is 6. The van der Waals surface area contributed by atoms with Gasteiger partial charge in [-0.25, -0.2) is 4.98 Å². The first kappa shape index (κ1) is 32.7. The zero-order valence-corrected chi connectivity index (χ0v) is 30.8. The Morgan fingerprint density at radius 3 is 1.39 bits per heavy atom. The second kappa shape index (κ2) is 13.5. The molecule has 266 valence electrons. The Morgan fingerprint density at radius 2 is 0.789 bits per heavy atom. The van der Waals surface area contributed by atoms with Crippen molar-refractivity contribution >= 4 is 43.7 Å². The lowest BCUT2D eigenvalue weighted by atomic mass is 9.91. The average molecular weight is 728 g/mol. The summed E-state index contributed by atoms with van der Waals surface area (Å²) < 4.78 is 2.27. The van der Waals surface area contributed by atoms with Crippen LogP contribution in [-0.4, -0.2) is 24.5 Å². The van der Waals surface area contributed by atoms with Gasteiger partial charge in [0.25, 0.3) is 0 Å². The van der Waals surface area contributed by atoms with E-state index in [1.165, 1.54) is 0 Å². The molecule has 0 saturated carbocycles. The van der Waals surface area contributed by atoms with E-state index in [2.05, 4.69) is 168 Å². The molecule has 0 aliphatic carbocycles. The largest absolute Gasteiger partial charge is 0.292 e. The fourth-order valence-corrected chi connectivity index (χ4v) is 8.01. The number of benzene rings is 7. The molecule has 7 aromatic carbocycles. The normalized spacial score (nSPS) is 11.5. The van der Waals surface area contributed by atoms with Crippen LogP contribution in [0.5, 0.6) is 0 Å². The number of para-hydroxylation sites is 6. The minimum atomic E-state index is 0.862. The van der Waals surface area contributed by atoms with Gasteiger partial charge in [-0.15, -0.1) is 0 Å². The number of pyridine rings is 3. The molecule has 0 amide bonds. The van der Waals surface area contributed by atoms with E-state index in [1.807, 2.05) is 36.8 Å². The summed E-state index contributed by atoms with van der Waals surface area (Å²) in [6.45, 7) is 0. The predicted octanol–water partition coefficient (Wildman–Crippen LogP) is 13.0. The number of aromatic nitrogens is 5. The van der Waals surface area contributed by atoms with Crippen LogP contribution in [0.2, 0.25) is 0 Å². The van der Waals surface area contributed by atoms with E-state index in [0.29, 0.717) is 0 Å². The maximum Gasteiger partial charge on any atom is 0.146 e. The Labute approximate surface area is 329 Å². The summed E-state index contributed by atoms with van der Waals surface area (Å²) in [6, 6.07) is 63.9. The van der Waals surface area contributed by atoms with Crippen molar-refractivity contribution in [2.24, 2.45) is 0 Å². The molecule has 11 aromatic rings. The van der Waals surface area contributed by atoms with Crippen LogP contribution in [0.3, 0.4) is 0 Å². The first-order valence-corrected chi connectivity index (χ1v) is 19.1. The maximum absolute atomic E-state index is 5.36. The van der Waals surface area contributed by atoms with Crippen LogP contribution in [0.25, 0.3) is 105 Å². The summed E-state index contributed by atoms with van der Waals surface area (Å²) in [7, 11) is 0. The van der Waals surface area contributed by atoms with Crippen molar-refractivity contribution in [3.63, 3.8) is 0 Å². The Hall–Kier alpha value is -7.76. The summed E-state index contributed by atoms with van der Waals surface area (Å²) in [5.41, 5.74) is 15.4. The third-order valence-corrected chi connectivity index (χ3v) is 10.9. The van der Waals surface area contributed by atoms with Gasteiger partial charge in [0.15, 0.2) is 0 Å². The van der Waals surface area contributed by atoms with Crippen molar-refractivity contribution in [3.8, 4) is 61.6 Å². The highest BCUT2D eigenvalue weighted by Gasteiger charge is 2.20. The first-order chi connectivity index (χ1) is 28.2. The number of hydrogen-bond acceptors (Lipinski definition) is 4. The number of hydrogen-bond donors (Lipinski definition) is 0. The molecule has 0 bridgehead atoms. The number of fused-ring (bicyclic) bond motifs is 4.